The number of aliphatic hydroxyl groups is 1. The fraction of sp³-hybridized carbons (Fsp3) is 0.0833. The summed E-state index contributed by atoms with van der Waals surface area (Å²) in [6.45, 7) is 1.40. The Hall–Kier alpha value is -1.83. The maximum atomic E-state index is 10.6. The fourth-order valence-electron chi connectivity index (χ4n) is 1.00. The number of allylic oxidation sites excluding steroid dienone is 2. The van der Waals surface area contributed by atoms with E-state index in [0.717, 1.165) is 5.56 Å². The first-order valence-corrected chi connectivity index (χ1v) is 4.33. The number of benzene rings is 1. The maximum Gasteiger partial charge on any atom is 0.156 e. The number of carbonyl (C=O) groups excluding carboxylic acids is 1. The van der Waals surface area contributed by atoms with Gasteiger partial charge in [0.1, 0.15) is 5.76 Å². The molecule has 0 aromatic heterocycles. The average Bonchev–Trinajstić information content (AvgIpc) is 2.15. The molecule has 0 atom stereocenters. The van der Waals surface area contributed by atoms with Gasteiger partial charge in [0.15, 0.2) is 5.78 Å². The van der Waals surface area contributed by atoms with Gasteiger partial charge < -0.3 is 5.11 Å². The summed E-state index contributed by atoms with van der Waals surface area (Å²) >= 11 is 0. The highest BCUT2D eigenvalue weighted by atomic mass is 16.3. The minimum atomic E-state index is -0.166. The van der Waals surface area contributed by atoms with Crippen molar-refractivity contribution in [3.63, 3.8) is 0 Å². The standard InChI is InChI=1S/C12H12O2/c1-10(13)9-12(14)8-7-11-5-3-2-4-6-11/h2-9,14H,1H3/b8-7-,12-9-. The van der Waals surface area contributed by atoms with E-state index in [4.69, 9.17) is 0 Å². The number of rotatable bonds is 3. The molecule has 0 amide bonds. The molecule has 0 unspecified atom stereocenters. The predicted octanol–water partition coefficient (Wildman–Crippen LogP) is 2.73. The molecule has 1 rings (SSSR count). The van der Waals surface area contributed by atoms with Crippen LogP contribution in [0.15, 0.2) is 48.2 Å². The molecule has 0 saturated carbocycles. The third-order valence-electron chi connectivity index (χ3n) is 1.60. The van der Waals surface area contributed by atoms with Gasteiger partial charge in [0.2, 0.25) is 0 Å². The van der Waals surface area contributed by atoms with Gasteiger partial charge in [-0.2, -0.15) is 0 Å². The van der Waals surface area contributed by atoms with Crippen LogP contribution in [0.4, 0.5) is 0 Å². The molecule has 0 radical (unpaired) electrons. The molecular weight excluding hydrogens is 176 g/mol. The number of carbonyl (C=O) groups is 1. The first kappa shape index (κ1) is 10.3. The summed E-state index contributed by atoms with van der Waals surface area (Å²) in [6.07, 6.45) is 4.42. The summed E-state index contributed by atoms with van der Waals surface area (Å²) in [6, 6.07) is 9.56. The van der Waals surface area contributed by atoms with Crippen LogP contribution in [-0.2, 0) is 4.79 Å². The van der Waals surface area contributed by atoms with E-state index in [1.165, 1.54) is 19.1 Å². The number of aliphatic hydroxyl groups excluding tert-OH is 1. The minimum Gasteiger partial charge on any atom is -0.508 e. The second-order valence-electron chi connectivity index (χ2n) is 2.92. The van der Waals surface area contributed by atoms with Crippen LogP contribution in [0, 0.1) is 0 Å². The molecule has 1 aromatic rings. The summed E-state index contributed by atoms with van der Waals surface area (Å²) in [7, 11) is 0. The van der Waals surface area contributed by atoms with Crippen molar-refractivity contribution in [3.05, 3.63) is 53.8 Å². The van der Waals surface area contributed by atoms with Crippen molar-refractivity contribution < 1.29 is 9.90 Å². The van der Waals surface area contributed by atoms with Crippen LogP contribution in [0.5, 0.6) is 0 Å². The lowest BCUT2D eigenvalue weighted by atomic mass is 10.2. The lowest BCUT2D eigenvalue weighted by Gasteiger charge is -1.91. The second kappa shape index (κ2) is 5.02. The lowest BCUT2D eigenvalue weighted by molar-refractivity contribution is -0.112. The number of hydrogen-bond donors (Lipinski definition) is 1. The molecule has 14 heavy (non-hydrogen) atoms. The Bertz CT molecular complexity index is 361. The van der Waals surface area contributed by atoms with E-state index >= 15 is 0 Å². The van der Waals surface area contributed by atoms with E-state index in [0.29, 0.717) is 0 Å². The van der Waals surface area contributed by atoms with Crippen LogP contribution in [0.2, 0.25) is 0 Å². The highest BCUT2D eigenvalue weighted by Crippen LogP contribution is 2.03. The summed E-state index contributed by atoms with van der Waals surface area (Å²) in [5.41, 5.74) is 0.982. The monoisotopic (exact) mass is 188 g/mol. The molecule has 72 valence electrons. The third kappa shape index (κ3) is 3.72. The van der Waals surface area contributed by atoms with Crippen molar-refractivity contribution in [2.45, 2.75) is 6.92 Å². The third-order valence-corrected chi connectivity index (χ3v) is 1.60. The van der Waals surface area contributed by atoms with E-state index in [1.807, 2.05) is 30.3 Å². The molecule has 0 saturated heterocycles. The van der Waals surface area contributed by atoms with Crippen molar-refractivity contribution in [1.29, 1.82) is 0 Å². The molecule has 0 aliphatic carbocycles. The van der Waals surface area contributed by atoms with Crippen LogP contribution in [-0.4, -0.2) is 10.9 Å². The first-order valence-electron chi connectivity index (χ1n) is 4.33. The molecule has 1 aromatic carbocycles. The highest BCUT2D eigenvalue weighted by molar-refractivity contribution is 5.88. The van der Waals surface area contributed by atoms with Crippen molar-refractivity contribution in [2.24, 2.45) is 0 Å². The number of ketones is 1. The van der Waals surface area contributed by atoms with Gasteiger partial charge in [-0.1, -0.05) is 36.4 Å². The Balaban J connectivity index is 2.70. The van der Waals surface area contributed by atoms with Gasteiger partial charge in [0.25, 0.3) is 0 Å². The molecule has 0 aliphatic heterocycles. The van der Waals surface area contributed by atoms with E-state index < -0.39 is 0 Å². The topological polar surface area (TPSA) is 37.3 Å². The zero-order chi connectivity index (χ0) is 10.4. The molecule has 2 heteroatoms. The lowest BCUT2D eigenvalue weighted by Crippen LogP contribution is -1.84. The SMILES string of the molecule is CC(=O)/C=C(O)/C=C\c1ccccc1. The van der Waals surface area contributed by atoms with E-state index in [-0.39, 0.29) is 11.5 Å². The van der Waals surface area contributed by atoms with Gasteiger partial charge in [0.05, 0.1) is 0 Å². The first-order chi connectivity index (χ1) is 6.68. The van der Waals surface area contributed by atoms with Crippen molar-refractivity contribution in [1.82, 2.24) is 0 Å². The minimum absolute atomic E-state index is 0.0265. The van der Waals surface area contributed by atoms with Gasteiger partial charge in [-0.05, 0) is 18.6 Å². The van der Waals surface area contributed by atoms with Gasteiger partial charge in [-0.25, -0.2) is 0 Å². The molecule has 0 fully saturated rings. The second-order valence-corrected chi connectivity index (χ2v) is 2.92. The van der Waals surface area contributed by atoms with Crippen molar-refractivity contribution in [2.75, 3.05) is 0 Å². The quantitative estimate of drug-likeness (QED) is 0.450. The summed E-state index contributed by atoms with van der Waals surface area (Å²) in [5, 5.41) is 9.23. The molecule has 0 heterocycles. The summed E-state index contributed by atoms with van der Waals surface area (Å²) in [4.78, 5) is 10.6. The van der Waals surface area contributed by atoms with E-state index in [1.54, 1.807) is 6.08 Å². The molecule has 0 spiro atoms. The smallest absolute Gasteiger partial charge is 0.156 e. The largest absolute Gasteiger partial charge is 0.508 e. The maximum absolute atomic E-state index is 10.6. The summed E-state index contributed by atoms with van der Waals surface area (Å²) < 4.78 is 0. The molecule has 1 N–H and O–H groups in total. The zero-order valence-electron chi connectivity index (χ0n) is 7.97. The van der Waals surface area contributed by atoms with Crippen molar-refractivity contribution in [3.8, 4) is 0 Å². The van der Waals surface area contributed by atoms with Crippen LogP contribution in [0.1, 0.15) is 12.5 Å². The molecule has 0 aliphatic rings. The van der Waals surface area contributed by atoms with Crippen LogP contribution in [0.25, 0.3) is 6.08 Å². The normalized spacial score (nSPS) is 11.9. The zero-order valence-corrected chi connectivity index (χ0v) is 7.97. The average molecular weight is 188 g/mol. The molecule has 2 nitrogen and oxygen atoms in total. The fourth-order valence-corrected chi connectivity index (χ4v) is 1.00. The van der Waals surface area contributed by atoms with Crippen LogP contribution >= 0.6 is 0 Å². The van der Waals surface area contributed by atoms with Gasteiger partial charge >= 0.3 is 0 Å². The molecular formula is C12H12O2. The van der Waals surface area contributed by atoms with E-state index in [9.17, 15) is 9.90 Å². The van der Waals surface area contributed by atoms with Crippen LogP contribution < -0.4 is 0 Å². The summed E-state index contributed by atoms with van der Waals surface area (Å²) in [5.74, 6) is -0.193. The van der Waals surface area contributed by atoms with E-state index in [2.05, 4.69) is 0 Å². The van der Waals surface area contributed by atoms with Gasteiger partial charge in [0, 0.05) is 6.08 Å². The van der Waals surface area contributed by atoms with Crippen molar-refractivity contribution >= 4 is 11.9 Å². The predicted molar refractivity (Wildman–Crippen MR) is 56.9 cm³/mol. The molecule has 0 bridgehead atoms. The Morgan fingerprint density at radius 3 is 2.50 bits per heavy atom. The Morgan fingerprint density at radius 2 is 1.93 bits per heavy atom. The Morgan fingerprint density at radius 1 is 1.29 bits per heavy atom. The van der Waals surface area contributed by atoms with Crippen LogP contribution in [0.3, 0.4) is 0 Å². The Kier molecular flexibility index (Phi) is 3.68. The van der Waals surface area contributed by atoms with Gasteiger partial charge in [-0.3, -0.25) is 4.79 Å². The Labute approximate surface area is 83.2 Å². The number of hydrogen-bond acceptors (Lipinski definition) is 2. The van der Waals surface area contributed by atoms with Gasteiger partial charge in [-0.15, -0.1) is 0 Å². The highest BCUT2D eigenvalue weighted by Gasteiger charge is 1.89.